The van der Waals surface area contributed by atoms with E-state index >= 15 is 0 Å². The van der Waals surface area contributed by atoms with E-state index in [1.165, 1.54) is 19.1 Å². The zero-order valence-electron chi connectivity index (χ0n) is 11.4. The van der Waals surface area contributed by atoms with Gasteiger partial charge in [-0.2, -0.15) is 0 Å². The number of hydrogen-bond donors (Lipinski definition) is 2. The summed E-state index contributed by atoms with van der Waals surface area (Å²) in [6.07, 6.45) is -0.0784. The fourth-order valence-electron chi connectivity index (χ4n) is 1.48. The number of carbonyl (C=O) groups excluding carboxylic acids is 2. The normalized spacial score (nSPS) is 11.7. The highest BCUT2D eigenvalue weighted by atomic mass is 16.5. The number of hydrogen-bond acceptors (Lipinski definition) is 4. The molecule has 2 N–H and O–H groups in total. The van der Waals surface area contributed by atoms with Crippen LogP contribution < -0.4 is 5.32 Å². The average Bonchev–Trinajstić information content (AvgIpc) is 2.35. The van der Waals surface area contributed by atoms with Crippen LogP contribution in [0.25, 0.3) is 0 Å². The highest BCUT2D eigenvalue weighted by Gasteiger charge is 2.20. The summed E-state index contributed by atoms with van der Waals surface area (Å²) in [7, 11) is 0. The molecule has 0 bridgehead atoms. The van der Waals surface area contributed by atoms with Crippen LogP contribution in [0.5, 0.6) is 5.75 Å². The minimum Gasteiger partial charge on any atom is -0.507 e. The molecule has 5 nitrogen and oxygen atoms in total. The Labute approximate surface area is 112 Å². The van der Waals surface area contributed by atoms with Crippen LogP contribution in [0.4, 0.5) is 0 Å². The largest absolute Gasteiger partial charge is 0.507 e. The summed E-state index contributed by atoms with van der Waals surface area (Å²) in [6, 6.07) is 4.64. The standard InChI is InChI=1S/C14H19NO4/c1-4-7-15-13(17)10(3)19-14(18)11-6-5-9(2)8-12(11)16/h5-6,8,10,16H,4,7H2,1-3H3,(H,15,17)/t10-/m1/s1. The number of rotatable bonds is 5. The van der Waals surface area contributed by atoms with Crippen LogP contribution in [-0.4, -0.2) is 29.6 Å². The molecule has 1 aromatic rings. The molecule has 19 heavy (non-hydrogen) atoms. The van der Waals surface area contributed by atoms with Gasteiger partial charge in [0.05, 0.1) is 0 Å². The van der Waals surface area contributed by atoms with Crippen molar-refractivity contribution >= 4 is 11.9 Å². The fourth-order valence-corrected chi connectivity index (χ4v) is 1.48. The molecule has 0 aliphatic heterocycles. The molecule has 0 aliphatic rings. The van der Waals surface area contributed by atoms with E-state index in [0.717, 1.165) is 12.0 Å². The van der Waals surface area contributed by atoms with Gasteiger partial charge in [0.15, 0.2) is 6.10 Å². The highest BCUT2D eigenvalue weighted by molar-refractivity contribution is 5.94. The minimum atomic E-state index is -0.889. The van der Waals surface area contributed by atoms with E-state index in [0.29, 0.717) is 6.54 Å². The van der Waals surface area contributed by atoms with Crippen molar-refractivity contribution in [1.29, 1.82) is 0 Å². The van der Waals surface area contributed by atoms with Crippen LogP contribution in [0.1, 0.15) is 36.2 Å². The topological polar surface area (TPSA) is 75.6 Å². The third-order valence-electron chi connectivity index (χ3n) is 2.58. The van der Waals surface area contributed by atoms with Crippen LogP contribution in [-0.2, 0) is 9.53 Å². The lowest BCUT2D eigenvalue weighted by molar-refractivity contribution is -0.129. The monoisotopic (exact) mass is 265 g/mol. The number of phenolic OH excluding ortho intramolecular Hbond substituents is 1. The number of aryl methyl sites for hydroxylation is 1. The molecule has 1 amide bonds. The summed E-state index contributed by atoms with van der Waals surface area (Å²) in [5.41, 5.74) is 0.892. The summed E-state index contributed by atoms with van der Waals surface area (Å²) in [5, 5.41) is 12.3. The van der Waals surface area contributed by atoms with Crippen molar-refractivity contribution in [2.24, 2.45) is 0 Å². The molecule has 0 saturated carbocycles. The van der Waals surface area contributed by atoms with Gasteiger partial charge in [0.25, 0.3) is 5.91 Å². The summed E-state index contributed by atoms with van der Waals surface area (Å²) in [5.74, 6) is -1.20. The van der Waals surface area contributed by atoms with Gasteiger partial charge in [-0.1, -0.05) is 13.0 Å². The van der Waals surface area contributed by atoms with E-state index < -0.39 is 12.1 Å². The van der Waals surface area contributed by atoms with Gasteiger partial charge in [-0.15, -0.1) is 0 Å². The molecule has 0 radical (unpaired) electrons. The third-order valence-corrected chi connectivity index (χ3v) is 2.58. The molecule has 0 saturated heterocycles. The molecule has 0 unspecified atom stereocenters. The first-order valence-electron chi connectivity index (χ1n) is 6.24. The second-order valence-electron chi connectivity index (χ2n) is 4.36. The van der Waals surface area contributed by atoms with Crippen molar-refractivity contribution in [2.75, 3.05) is 6.54 Å². The predicted molar refractivity (Wildman–Crippen MR) is 71.0 cm³/mol. The molecular weight excluding hydrogens is 246 g/mol. The molecule has 1 rings (SSSR count). The van der Waals surface area contributed by atoms with Gasteiger partial charge < -0.3 is 15.2 Å². The Morgan fingerprint density at radius 1 is 1.42 bits per heavy atom. The molecule has 0 aliphatic carbocycles. The summed E-state index contributed by atoms with van der Waals surface area (Å²) < 4.78 is 5.00. The van der Waals surface area contributed by atoms with Crippen LogP contribution in [0, 0.1) is 6.92 Å². The van der Waals surface area contributed by atoms with Gasteiger partial charge in [-0.05, 0) is 38.0 Å². The van der Waals surface area contributed by atoms with Gasteiger partial charge in [0, 0.05) is 6.54 Å². The SMILES string of the molecule is CCCNC(=O)[C@@H](C)OC(=O)c1ccc(C)cc1O. The summed E-state index contributed by atoms with van der Waals surface area (Å²) in [6.45, 7) is 5.77. The van der Waals surface area contributed by atoms with E-state index in [9.17, 15) is 14.7 Å². The first-order chi connectivity index (χ1) is 8.95. The Morgan fingerprint density at radius 2 is 2.11 bits per heavy atom. The van der Waals surface area contributed by atoms with Gasteiger partial charge in [-0.25, -0.2) is 4.79 Å². The molecule has 0 heterocycles. The van der Waals surface area contributed by atoms with E-state index in [1.54, 1.807) is 13.0 Å². The van der Waals surface area contributed by atoms with Gasteiger partial charge in [0.2, 0.25) is 0 Å². The molecule has 1 atom stereocenters. The number of phenols is 1. The lowest BCUT2D eigenvalue weighted by Crippen LogP contribution is -2.36. The second kappa shape index (κ2) is 6.78. The third kappa shape index (κ3) is 4.28. The zero-order valence-corrected chi connectivity index (χ0v) is 11.4. The first kappa shape index (κ1) is 15.0. The van der Waals surface area contributed by atoms with Gasteiger partial charge in [-0.3, -0.25) is 4.79 Å². The van der Waals surface area contributed by atoms with Crippen LogP contribution in [0.3, 0.4) is 0 Å². The molecule has 0 aromatic heterocycles. The number of amides is 1. The smallest absolute Gasteiger partial charge is 0.342 e. The van der Waals surface area contributed by atoms with Crippen molar-refractivity contribution in [1.82, 2.24) is 5.32 Å². The number of aromatic hydroxyl groups is 1. The Hall–Kier alpha value is -2.04. The lowest BCUT2D eigenvalue weighted by atomic mass is 10.1. The number of ether oxygens (including phenoxy) is 1. The van der Waals surface area contributed by atoms with E-state index in [-0.39, 0.29) is 17.2 Å². The predicted octanol–water partition coefficient (Wildman–Crippen LogP) is 1.77. The fraction of sp³-hybridized carbons (Fsp3) is 0.429. The number of benzene rings is 1. The quantitative estimate of drug-likeness (QED) is 0.796. The molecular formula is C14H19NO4. The van der Waals surface area contributed by atoms with E-state index in [4.69, 9.17) is 4.74 Å². The first-order valence-corrected chi connectivity index (χ1v) is 6.24. The molecule has 5 heteroatoms. The summed E-state index contributed by atoms with van der Waals surface area (Å²) in [4.78, 5) is 23.4. The van der Waals surface area contributed by atoms with Crippen LogP contribution in [0.2, 0.25) is 0 Å². The number of nitrogens with one attached hydrogen (secondary N) is 1. The average molecular weight is 265 g/mol. The summed E-state index contributed by atoms with van der Waals surface area (Å²) >= 11 is 0. The van der Waals surface area contributed by atoms with Gasteiger partial charge in [0.1, 0.15) is 11.3 Å². The van der Waals surface area contributed by atoms with Crippen LogP contribution in [0.15, 0.2) is 18.2 Å². The van der Waals surface area contributed by atoms with Crippen molar-refractivity contribution in [2.45, 2.75) is 33.3 Å². The highest BCUT2D eigenvalue weighted by Crippen LogP contribution is 2.19. The maximum absolute atomic E-state index is 11.8. The van der Waals surface area contributed by atoms with Crippen molar-refractivity contribution < 1.29 is 19.4 Å². The Kier molecular flexibility index (Phi) is 5.36. The maximum Gasteiger partial charge on any atom is 0.342 e. The zero-order chi connectivity index (χ0) is 14.4. The Morgan fingerprint density at radius 3 is 2.68 bits per heavy atom. The molecule has 0 spiro atoms. The lowest BCUT2D eigenvalue weighted by Gasteiger charge is -2.13. The maximum atomic E-state index is 11.8. The molecule has 0 fully saturated rings. The van der Waals surface area contributed by atoms with Crippen molar-refractivity contribution in [3.63, 3.8) is 0 Å². The molecule has 104 valence electrons. The van der Waals surface area contributed by atoms with Crippen molar-refractivity contribution in [3.05, 3.63) is 29.3 Å². The van der Waals surface area contributed by atoms with Crippen LogP contribution >= 0.6 is 0 Å². The Balaban J connectivity index is 2.66. The van der Waals surface area contributed by atoms with E-state index in [1.807, 2.05) is 6.92 Å². The van der Waals surface area contributed by atoms with Gasteiger partial charge >= 0.3 is 5.97 Å². The minimum absolute atomic E-state index is 0.0562. The second-order valence-corrected chi connectivity index (χ2v) is 4.36. The number of carbonyl (C=O) groups is 2. The number of esters is 1. The van der Waals surface area contributed by atoms with Crippen molar-refractivity contribution in [3.8, 4) is 5.75 Å². The molecule has 1 aromatic carbocycles. The Bertz CT molecular complexity index is 471. The van der Waals surface area contributed by atoms with E-state index in [2.05, 4.69) is 5.32 Å².